The van der Waals surface area contributed by atoms with Gasteiger partial charge in [0.25, 0.3) is 0 Å². The van der Waals surface area contributed by atoms with Crippen molar-refractivity contribution < 1.29 is 8.78 Å². The zero-order valence-electron chi connectivity index (χ0n) is 9.62. The van der Waals surface area contributed by atoms with Crippen molar-refractivity contribution in [2.24, 2.45) is 5.73 Å². The van der Waals surface area contributed by atoms with Crippen molar-refractivity contribution in [1.29, 1.82) is 0 Å². The fourth-order valence-corrected chi connectivity index (χ4v) is 3.06. The Hall–Kier alpha value is -1.33. The maximum atomic E-state index is 13.2. The number of nitrogens with two attached hydrogens (primary N) is 1. The van der Waals surface area contributed by atoms with Crippen LogP contribution in [-0.2, 0) is 5.54 Å². The summed E-state index contributed by atoms with van der Waals surface area (Å²) in [6.45, 7) is 0. The van der Waals surface area contributed by atoms with Crippen LogP contribution >= 0.6 is 11.3 Å². The van der Waals surface area contributed by atoms with Gasteiger partial charge in [0.2, 0.25) is 0 Å². The van der Waals surface area contributed by atoms with Gasteiger partial charge in [-0.2, -0.15) is 0 Å². The smallest absolute Gasteiger partial charge is 0.159 e. The molecular formula is C13H12F2N2S. The highest BCUT2D eigenvalue weighted by molar-refractivity contribution is 7.10. The third-order valence-corrected chi connectivity index (χ3v) is 4.45. The first-order valence-corrected chi connectivity index (χ1v) is 6.67. The van der Waals surface area contributed by atoms with Crippen molar-refractivity contribution >= 4 is 11.3 Å². The lowest BCUT2D eigenvalue weighted by Gasteiger charge is -2.35. The lowest BCUT2D eigenvalue weighted by molar-refractivity contribution is 0.253. The molecule has 94 valence electrons. The highest BCUT2D eigenvalue weighted by atomic mass is 32.1. The first-order chi connectivity index (χ1) is 8.58. The van der Waals surface area contributed by atoms with Crippen LogP contribution in [0.3, 0.4) is 0 Å². The molecule has 2 N–H and O–H groups in total. The second-order valence-corrected chi connectivity index (χ2v) is 5.53. The van der Waals surface area contributed by atoms with Crippen molar-refractivity contribution in [2.45, 2.75) is 24.8 Å². The molecule has 0 spiro atoms. The molecule has 0 saturated heterocycles. The van der Waals surface area contributed by atoms with E-state index in [4.69, 9.17) is 5.73 Å². The Labute approximate surface area is 107 Å². The van der Waals surface area contributed by atoms with Crippen LogP contribution in [-0.4, -0.2) is 4.98 Å². The SMILES string of the molecule is NC1(c2nc(-c3ccc(F)c(F)c3)cs2)CCC1. The van der Waals surface area contributed by atoms with Gasteiger partial charge in [-0.25, -0.2) is 13.8 Å². The summed E-state index contributed by atoms with van der Waals surface area (Å²) in [7, 11) is 0. The summed E-state index contributed by atoms with van der Waals surface area (Å²) in [6.07, 6.45) is 3.01. The topological polar surface area (TPSA) is 38.9 Å². The van der Waals surface area contributed by atoms with Gasteiger partial charge in [-0.3, -0.25) is 0 Å². The monoisotopic (exact) mass is 266 g/mol. The van der Waals surface area contributed by atoms with Crippen LogP contribution in [0.15, 0.2) is 23.6 Å². The van der Waals surface area contributed by atoms with E-state index in [1.54, 1.807) is 0 Å². The number of hydrogen-bond acceptors (Lipinski definition) is 3. The number of aromatic nitrogens is 1. The van der Waals surface area contributed by atoms with Crippen molar-refractivity contribution in [3.05, 3.63) is 40.2 Å². The summed E-state index contributed by atoms with van der Waals surface area (Å²) in [5, 5.41) is 2.73. The van der Waals surface area contributed by atoms with E-state index in [-0.39, 0.29) is 5.54 Å². The molecule has 0 aliphatic heterocycles. The maximum absolute atomic E-state index is 13.2. The molecule has 0 bridgehead atoms. The molecule has 1 fully saturated rings. The third kappa shape index (κ3) is 1.83. The summed E-state index contributed by atoms with van der Waals surface area (Å²) < 4.78 is 26.0. The Morgan fingerprint density at radius 3 is 2.61 bits per heavy atom. The number of hydrogen-bond donors (Lipinski definition) is 1. The molecule has 18 heavy (non-hydrogen) atoms. The van der Waals surface area contributed by atoms with Crippen LogP contribution in [0, 0.1) is 11.6 Å². The second-order valence-electron chi connectivity index (χ2n) is 4.68. The molecule has 1 heterocycles. The van der Waals surface area contributed by atoms with Gasteiger partial charge < -0.3 is 5.73 Å². The van der Waals surface area contributed by atoms with E-state index in [1.807, 2.05) is 5.38 Å². The average Bonchev–Trinajstić information content (AvgIpc) is 2.79. The molecule has 1 aliphatic carbocycles. The van der Waals surface area contributed by atoms with E-state index in [2.05, 4.69) is 4.98 Å². The number of benzene rings is 1. The predicted octanol–water partition coefficient (Wildman–Crippen LogP) is 3.43. The summed E-state index contributed by atoms with van der Waals surface area (Å²) in [5.74, 6) is -1.70. The van der Waals surface area contributed by atoms with E-state index in [0.29, 0.717) is 11.3 Å². The minimum atomic E-state index is -0.854. The van der Waals surface area contributed by atoms with Crippen LogP contribution in [0.2, 0.25) is 0 Å². The fraction of sp³-hybridized carbons (Fsp3) is 0.308. The van der Waals surface area contributed by atoms with Gasteiger partial charge in [-0.1, -0.05) is 0 Å². The van der Waals surface area contributed by atoms with Gasteiger partial charge in [0, 0.05) is 10.9 Å². The first-order valence-electron chi connectivity index (χ1n) is 5.79. The van der Waals surface area contributed by atoms with E-state index in [0.717, 1.165) is 36.4 Å². The largest absolute Gasteiger partial charge is 0.319 e. The van der Waals surface area contributed by atoms with Crippen molar-refractivity contribution in [2.75, 3.05) is 0 Å². The van der Waals surface area contributed by atoms with Gasteiger partial charge in [0.1, 0.15) is 5.01 Å². The summed E-state index contributed by atoms with van der Waals surface area (Å²) in [5.41, 5.74) is 7.12. The van der Waals surface area contributed by atoms with Gasteiger partial charge in [-0.05, 0) is 37.5 Å². The molecule has 2 nitrogen and oxygen atoms in total. The van der Waals surface area contributed by atoms with E-state index in [1.165, 1.54) is 17.4 Å². The maximum Gasteiger partial charge on any atom is 0.159 e. The van der Waals surface area contributed by atoms with Gasteiger partial charge in [-0.15, -0.1) is 11.3 Å². The summed E-state index contributed by atoms with van der Waals surface area (Å²) in [4.78, 5) is 4.45. The minimum Gasteiger partial charge on any atom is -0.319 e. The quantitative estimate of drug-likeness (QED) is 0.904. The molecule has 0 atom stereocenters. The van der Waals surface area contributed by atoms with Gasteiger partial charge in [0.15, 0.2) is 11.6 Å². The predicted molar refractivity (Wildman–Crippen MR) is 67.2 cm³/mol. The fourth-order valence-electron chi connectivity index (χ4n) is 2.06. The number of halogens is 2. The lowest BCUT2D eigenvalue weighted by atomic mass is 9.78. The van der Waals surface area contributed by atoms with Crippen LogP contribution in [0.4, 0.5) is 8.78 Å². The number of rotatable bonds is 2. The van der Waals surface area contributed by atoms with Crippen molar-refractivity contribution in [3.8, 4) is 11.3 Å². The van der Waals surface area contributed by atoms with Crippen LogP contribution < -0.4 is 5.73 Å². The summed E-state index contributed by atoms with van der Waals surface area (Å²) in [6, 6.07) is 3.81. The van der Waals surface area contributed by atoms with Crippen LogP contribution in [0.1, 0.15) is 24.3 Å². The third-order valence-electron chi connectivity index (χ3n) is 3.39. The Morgan fingerprint density at radius 1 is 1.22 bits per heavy atom. The van der Waals surface area contributed by atoms with Gasteiger partial charge >= 0.3 is 0 Å². The molecule has 0 radical (unpaired) electrons. The standard InChI is InChI=1S/C13H12F2N2S/c14-9-3-2-8(6-10(9)15)11-7-18-12(17-11)13(16)4-1-5-13/h2-3,6-7H,1,4-5,16H2. The molecule has 3 rings (SSSR count). The Balaban J connectivity index is 1.95. The molecular weight excluding hydrogens is 254 g/mol. The highest BCUT2D eigenvalue weighted by Gasteiger charge is 2.37. The number of nitrogens with zero attached hydrogens (tertiary/aromatic N) is 1. The van der Waals surface area contributed by atoms with Crippen LogP contribution in [0.5, 0.6) is 0 Å². The Kier molecular flexibility index (Phi) is 2.68. The second kappa shape index (κ2) is 4.10. The summed E-state index contributed by atoms with van der Waals surface area (Å²) >= 11 is 1.48. The zero-order valence-corrected chi connectivity index (χ0v) is 10.4. The lowest BCUT2D eigenvalue weighted by Crippen LogP contribution is -2.43. The number of thiazole rings is 1. The molecule has 1 aromatic heterocycles. The molecule has 0 amide bonds. The van der Waals surface area contributed by atoms with Crippen molar-refractivity contribution in [1.82, 2.24) is 4.98 Å². The van der Waals surface area contributed by atoms with E-state index in [9.17, 15) is 8.78 Å². The Morgan fingerprint density at radius 2 is 2.00 bits per heavy atom. The molecule has 0 unspecified atom stereocenters. The minimum absolute atomic E-state index is 0.304. The zero-order chi connectivity index (χ0) is 12.8. The van der Waals surface area contributed by atoms with Crippen LogP contribution in [0.25, 0.3) is 11.3 Å². The molecule has 1 saturated carbocycles. The van der Waals surface area contributed by atoms with Gasteiger partial charge in [0.05, 0.1) is 11.2 Å². The normalized spacial score (nSPS) is 17.5. The molecule has 2 aromatic rings. The first kappa shape index (κ1) is 11.7. The average molecular weight is 266 g/mol. The van der Waals surface area contributed by atoms with Crippen molar-refractivity contribution in [3.63, 3.8) is 0 Å². The highest BCUT2D eigenvalue weighted by Crippen LogP contribution is 2.41. The molecule has 1 aliphatic rings. The Bertz CT molecular complexity index is 590. The van der Waals surface area contributed by atoms with E-state index < -0.39 is 11.6 Å². The molecule has 5 heteroatoms. The van der Waals surface area contributed by atoms with E-state index >= 15 is 0 Å². The molecule has 1 aromatic carbocycles.